The van der Waals surface area contributed by atoms with Crippen molar-refractivity contribution >= 4 is 21.7 Å². The molecule has 0 N–H and O–H groups in total. The Morgan fingerprint density at radius 3 is 2.70 bits per heavy atom. The first-order chi connectivity index (χ1) is 13.4. The summed E-state index contributed by atoms with van der Waals surface area (Å²) < 4.78 is 8.42. The zero-order chi connectivity index (χ0) is 17.8. The van der Waals surface area contributed by atoms with Crippen molar-refractivity contribution in [2.75, 3.05) is 0 Å². The van der Waals surface area contributed by atoms with E-state index in [0.717, 1.165) is 24.1 Å². The maximum atomic E-state index is 6.10. The highest BCUT2D eigenvalue weighted by Crippen LogP contribution is 2.35. The third-order valence-electron chi connectivity index (χ3n) is 5.48. The molecule has 4 heteroatoms. The molecule has 27 heavy (non-hydrogen) atoms. The number of para-hydroxylation sites is 1. The number of nitrogens with zero attached hydrogens (tertiary/aromatic N) is 3. The minimum absolute atomic E-state index is 0.558. The fourth-order valence-electron chi connectivity index (χ4n) is 4.20. The van der Waals surface area contributed by atoms with E-state index in [1.807, 2.05) is 18.2 Å². The SMILES string of the molecule is c1ccc2cc(-c3nnc(-c4cn5c6c(cccc46)CCC5)o3)ccc2c1. The smallest absolute Gasteiger partial charge is 0.250 e. The van der Waals surface area contributed by atoms with Crippen LogP contribution in [0.3, 0.4) is 0 Å². The molecule has 0 radical (unpaired) electrons. The Morgan fingerprint density at radius 2 is 1.74 bits per heavy atom. The van der Waals surface area contributed by atoms with Gasteiger partial charge >= 0.3 is 0 Å². The summed E-state index contributed by atoms with van der Waals surface area (Å²) in [4.78, 5) is 0. The molecule has 0 atom stereocenters. The van der Waals surface area contributed by atoms with Crippen LogP contribution >= 0.6 is 0 Å². The van der Waals surface area contributed by atoms with Gasteiger partial charge in [0.2, 0.25) is 11.8 Å². The van der Waals surface area contributed by atoms with Gasteiger partial charge in [-0.2, -0.15) is 0 Å². The predicted molar refractivity (Wildman–Crippen MR) is 106 cm³/mol. The lowest BCUT2D eigenvalue weighted by Gasteiger charge is -2.14. The Morgan fingerprint density at radius 1 is 0.852 bits per heavy atom. The zero-order valence-corrected chi connectivity index (χ0v) is 14.7. The minimum atomic E-state index is 0.558. The Balaban J connectivity index is 1.48. The van der Waals surface area contributed by atoms with Gasteiger partial charge in [-0.1, -0.05) is 48.5 Å². The summed E-state index contributed by atoms with van der Waals surface area (Å²) in [6.45, 7) is 1.04. The molecule has 6 rings (SSSR count). The average molecular weight is 351 g/mol. The molecule has 3 heterocycles. The van der Waals surface area contributed by atoms with E-state index >= 15 is 0 Å². The second kappa shape index (κ2) is 5.55. The number of rotatable bonds is 2. The highest BCUT2D eigenvalue weighted by molar-refractivity contribution is 5.96. The van der Waals surface area contributed by atoms with E-state index in [2.05, 4.69) is 63.4 Å². The van der Waals surface area contributed by atoms with Gasteiger partial charge in [0.1, 0.15) is 0 Å². The summed E-state index contributed by atoms with van der Waals surface area (Å²) >= 11 is 0. The molecule has 0 saturated carbocycles. The van der Waals surface area contributed by atoms with Crippen molar-refractivity contribution < 1.29 is 4.42 Å². The topological polar surface area (TPSA) is 43.9 Å². The molecule has 0 bridgehead atoms. The van der Waals surface area contributed by atoms with Crippen molar-refractivity contribution in [2.45, 2.75) is 19.4 Å². The first kappa shape index (κ1) is 14.7. The first-order valence-electron chi connectivity index (χ1n) is 9.31. The summed E-state index contributed by atoms with van der Waals surface area (Å²) in [7, 11) is 0. The lowest BCUT2D eigenvalue weighted by Crippen LogP contribution is -2.05. The average Bonchev–Trinajstić information content (AvgIpc) is 3.34. The Hall–Kier alpha value is -3.40. The predicted octanol–water partition coefficient (Wildman–Crippen LogP) is 5.46. The maximum absolute atomic E-state index is 6.10. The van der Waals surface area contributed by atoms with Crippen molar-refractivity contribution in [1.29, 1.82) is 0 Å². The van der Waals surface area contributed by atoms with E-state index < -0.39 is 0 Å². The molecule has 4 nitrogen and oxygen atoms in total. The summed E-state index contributed by atoms with van der Waals surface area (Å²) in [5.41, 5.74) is 4.68. The van der Waals surface area contributed by atoms with E-state index in [4.69, 9.17) is 4.42 Å². The molecule has 0 amide bonds. The van der Waals surface area contributed by atoms with Gasteiger partial charge in [0.15, 0.2) is 0 Å². The van der Waals surface area contributed by atoms with Crippen LogP contribution in [0.2, 0.25) is 0 Å². The van der Waals surface area contributed by atoms with E-state index in [9.17, 15) is 0 Å². The van der Waals surface area contributed by atoms with E-state index in [-0.39, 0.29) is 0 Å². The van der Waals surface area contributed by atoms with Gasteiger partial charge in [-0.05, 0) is 41.3 Å². The Kier molecular flexibility index (Phi) is 3.03. The van der Waals surface area contributed by atoms with Gasteiger partial charge in [0.05, 0.1) is 11.1 Å². The van der Waals surface area contributed by atoms with Crippen LogP contribution in [0.4, 0.5) is 0 Å². The van der Waals surface area contributed by atoms with Crippen molar-refractivity contribution in [3.63, 3.8) is 0 Å². The molecular weight excluding hydrogens is 334 g/mol. The largest absolute Gasteiger partial charge is 0.416 e. The molecule has 3 aromatic carbocycles. The fourth-order valence-corrected chi connectivity index (χ4v) is 4.20. The summed E-state index contributed by atoms with van der Waals surface area (Å²) in [5, 5.41) is 12.3. The second-order valence-corrected chi connectivity index (χ2v) is 7.13. The monoisotopic (exact) mass is 351 g/mol. The van der Waals surface area contributed by atoms with Crippen LogP contribution in [-0.4, -0.2) is 14.8 Å². The van der Waals surface area contributed by atoms with Crippen LogP contribution in [0.1, 0.15) is 12.0 Å². The van der Waals surface area contributed by atoms with Crippen LogP contribution in [0.15, 0.2) is 71.3 Å². The third-order valence-corrected chi connectivity index (χ3v) is 5.48. The summed E-state index contributed by atoms with van der Waals surface area (Å²) in [5.74, 6) is 1.14. The Labute approximate surface area is 156 Å². The number of aryl methyl sites for hydroxylation is 2. The van der Waals surface area contributed by atoms with Crippen LogP contribution in [0.5, 0.6) is 0 Å². The van der Waals surface area contributed by atoms with Gasteiger partial charge in [0.25, 0.3) is 0 Å². The lowest BCUT2D eigenvalue weighted by molar-refractivity contribution is 0.584. The molecule has 1 aliphatic rings. The molecular formula is C23H17N3O. The van der Waals surface area contributed by atoms with Crippen LogP contribution in [0.25, 0.3) is 44.6 Å². The van der Waals surface area contributed by atoms with E-state index in [1.165, 1.54) is 33.7 Å². The number of hydrogen-bond acceptors (Lipinski definition) is 3. The van der Waals surface area contributed by atoms with Crippen molar-refractivity contribution in [3.8, 4) is 22.9 Å². The maximum Gasteiger partial charge on any atom is 0.250 e. The molecule has 5 aromatic rings. The van der Waals surface area contributed by atoms with Crippen LogP contribution < -0.4 is 0 Å². The molecule has 0 spiro atoms. The van der Waals surface area contributed by atoms with Gasteiger partial charge in [0, 0.05) is 23.7 Å². The fraction of sp³-hybridized carbons (Fsp3) is 0.130. The Bertz CT molecular complexity index is 1310. The van der Waals surface area contributed by atoms with Gasteiger partial charge in [-0.3, -0.25) is 0 Å². The summed E-state index contributed by atoms with van der Waals surface area (Å²) in [6.07, 6.45) is 4.46. The standard InChI is InChI=1S/C23H17N3O/c1-2-6-17-13-18(11-10-15(17)5-1)22-24-25-23(27-22)20-14-26-12-4-8-16-7-3-9-19(20)21(16)26/h1-3,5-7,9-11,13-14H,4,8,12H2. The van der Waals surface area contributed by atoms with Crippen molar-refractivity contribution in [1.82, 2.24) is 14.8 Å². The molecule has 0 aliphatic carbocycles. The second-order valence-electron chi connectivity index (χ2n) is 7.13. The molecule has 0 saturated heterocycles. The van der Waals surface area contributed by atoms with Gasteiger partial charge < -0.3 is 8.98 Å². The normalized spacial score (nSPS) is 13.5. The van der Waals surface area contributed by atoms with E-state index in [1.54, 1.807) is 0 Å². The number of aromatic nitrogens is 3. The number of benzene rings is 3. The highest BCUT2D eigenvalue weighted by atomic mass is 16.4. The molecule has 130 valence electrons. The molecule has 1 aliphatic heterocycles. The number of hydrogen-bond donors (Lipinski definition) is 0. The van der Waals surface area contributed by atoms with Crippen LogP contribution in [0, 0.1) is 0 Å². The third kappa shape index (κ3) is 2.23. The molecule has 0 fully saturated rings. The molecule has 2 aromatic heterocycles. The zero-order valence-electron chi connectivity index (χ0n) is 14.7. The summed E-state index contributed by atoms with van der Waals surface area (Å²) in [6, 6.07) is 21.0. The first-order valence-corrected chi connectivity index (χ1v) is 9.31. The molecule has 0 unspecified atom stereocenters. The lowest BCUT2D eigenvalue weighted by atomic mass is 10.0. The van der Waals surface area contributed by atoms with E-state index in [0.29, 0.717) is 11.8 Å². The highest BCUT2D eigenvalue weighted by Gasteiger charge is 2.20. The minimum Gasteiger partial charge on any atom is -0.416 e. The van der Waals surface area contributed by atoms with Gasteiger partial charge in [-0.15, -0.1) is 10.2 Å². The van der Waals surface area contributed by atoms with Gasteiger partial charge in [-0.25, -0.2) is 0 Å². The number of fused-ring (bicyclic) bond motifs is 1. The van der Waals surface area contributed by atoms with Crippen molar-refractivity contribution in [2.24, 2.45) is 0 Å². The van der Waals surface area contributed by atoms with Crippen LogP contribution in [-0.2, 0) is 13.0 Å². The van der Waals surface area contributed by atoms with Crippen molar-refractivity contribution in [3.05, 3.63) is 72.4 Å². The quantitative estimate of drug-likeness (QED) is 0.424.